The molecule has 0 fully saturated rings. The third kappa shape index (κ3) is 6.35. The van der Waals surface area contributed by atoms with E-state index in [0.717, 1.165) is 16.9 Å². The SMILES string of the molecule is CCc1ccc(N(CC(=O)NCCSc2ccccc2)S(=O)(=O)c2ccccc2)cc1. The molecule has 0 atom stereocenters. The Kier molecular flexibility index (Phi) is 8.14. The van der Waals surface area contributed by atoms with Gasteiger partial charge in [0.15, 0.2) is 0 Å². The van der Waals surface area contributed by atoms with Gasteiger partial charge in [-0.05, 0) is 48.4 Å². The second-order valence-corrected chi connectivity index (χ2v) is 9.89. The fourth-order valence-electron chi connectivity index (χ4n) is 3.00. The van der Waals surface area contributed by atoms with E-state index in [1.165, 1.54) is 16.4 Å². The van der Waals surface area contributed by atoms with Crippen molar-refractivity contribution in [1.29, 1.82) is 0 Å². The Labute approximate surface area is 188 Å². The Morgan fingerprint density at radius 1 is 0.903 bits per heavy atom. The van der Waals surface area contributed by atoms with Crippen LogP contribution < -0.4 is 9.62 Å². The van der Waals surface area contributed by atoms with Crippen molar-refractivity contribution in [2.45, 2.75) is 23.1 Å². The number of aryl methyl sites for hydroxylation is 1. The molecule has 0 aliphatic heterocycles. The van der Waals surface area contributed by atoms with Crippen LogP contribution in [0.1, 0.15) is 12.5 Å². The number of nitrogens with one attached hydrogen (secondary N) is 1. The van der Waals surface area contributed by atoms with E-state index in [2.05, 4.69) is 5.32 Å². The minimum absolute atomic E-state index is 0.155. The molecule has 0 radical (unpaired) electrons. The topological polar surface area (TPSA) is 66.5 Å². The molecule has 1 N–H and O–H groups in total. The highest BCUT2D eigenvalue weighted by Crippen LogP contribution is 2.24. The molecule has 3 aromatic carbocycles. The summed E-state index contributed by atoms with van der Waals surface area (Å²) in [5.74, 6) is 0.361. The summed E-state index contributed by atoms with van der Waals surface area (Å²) in [7, 11) is -3.88. The van der Waals surface area contributed by atoms with Crippen molar-refractivity contribution in [3.63, 3.8) is 0 Å². The number of carbonyl (C=O) groups is 1. The third-order valence-corrected chi connectivity index (χ3v) is 7.49. The predicted octanol–water partition coefficient (Wildman–Crippen LogP) is 4.35. The van der Waals surface area contributed by atoms with Crippen LogP contribution in [0.25, 0.3) is 0 Å². The van der Waals surface area contributed by atoms with Crippen LogP contribution in [0.5, 0.6) is 0 Å². The van der Waals surface area contributed by atoms with E-state index >= 15 is 0 Å². The van der Waals surface area contributed by atoms with Gasteiger partial charge in [-0.1, -0.05) is 55.5 Å². The summed E-state index contributed by atoms with van der Waals surface area (Å²) in [5.41, 5.74) is 1.57. The number of carbonyl (C=O) groups excluding carboxylic acids is 1. The van der Waals surface area contributed by atoms with Crippen LogP contribution in [-0.4, -0.2) is 33.2 Å². The van der Waals surface area contributed by atoms with Crippen molar-refractivity contribution in [3.05, 3.63) is 90.5 Å². The van der Waals surface area contributed by atoms with Crippen LogP contribution in [-0.2, 0) is 21.2 Å². The number of hydrogen-bond acceptors (Lipinski definition) is 4. The standard InChI is InChI=1S/C24H26N2O3S2/c1-2-20-13-15-21(16-14-20)26(31(28,29)23-11-7-4-8-12-23)19-24(27)25-17-18-30-22-9-5-3-6-10-22/h3-16H,2,17-19H2,1H3,(H,25,27). The molecule has 7 heteroatoms. The number of thioether (sulfide) groups is 1. The summed E-state index contributed by atoms with van der Waals surface area (Å²) in [6.07, 6.45) is 0.852. The molecule has 0 bridgehead atoms. The van der Waals surface area contributed by atoms with Gasteiger partial charge in [0.1, 0.15) is 6.54 Å². The monoisotopic (exact) mass is 454 g/mol. The normalized spacial score (nSPS) is 11.1. The summed E-state index contributed by atoms with van der Waals surface area (Å²) in [6, 6.07) is 25.4. The molecule has 162 valence electrons. The Morgan fingerprint density at radius 2 is 1.52 bits per heavy atom. The van der Waals surface area contributed by atoms with E-state index in [4.69, 9.17) is 0 Å². The largest absolute Gasteiger partial charge is 0.354 e. The number of anilines is 1. The summed E-state index contributed by atoms with van der Waals surface area (Å²) < 4.78 is 27.7. The quantitative estimate of drug-likeness (QED) is 0.365. The maximum Gasteiger partial charge on any atom is 0.264 e. The van der Waals surface area contributed by atoms with Gasteiger partial charge in [0.2, 0.25) is 5.91 Å². The van der Waals surface area contributed by atoms with Crippen molar-refractivity contribution >= 4 is 33.4 Å². The fraction of sp³-hybridized carbons (Fsp3) is 0.208. The molecule has 31 heavy (non-hydrogen) atoms. The van der Waals surface area contributed by atoms with Gasteiger partial charge >= 0.3 is 0 Å². The number of hydrogen-bond donors (Lipinski definition) is 1. The third-order valence-electron chi connectivity index (χ3n) is 4.69. The van der Waals surface area contributed by atoms with Gasteiger partial charge in [-0.2, -0.15) is 0 Å². The molecule has 0 spiro atoms. The number of amides is 1. The number of nitrogens with zero attached hydrogens (tertiary/aromatic N) is 1. The smallest absolute Gasteiger partial charge is 0.264 e. The average molecular weight is 455 g/mol. The van der Waals surface area contributed by atoms with Crippen LogP contribution in [0, 0.1) is 0 Å². The number of benzene rings is 3. The molecule has 5 nitrogen and oxygen atoms in total. The fourth-order valence-corrected chi connectivity index (χ4v) is 5.23. The number of rotatable bonds is 10. The lowest BCUT2D eigenvalue weighted by molar-refractivity contribution is -0.119. The molecule has 0 aromatic heterocycles. The zero-order chi connectivity index (χ0) is 22.1. The van der Waals surface area contributed by atoms with E-state index in [1.807, 2.05) is 49.4 Å². The zero-order valence-corrected chi connectivity index (χ0v) is 19.0. The van der Waals surface area contributed by atoms with Crippen molar-refractivity contribution in [2.24, 2.45) is 0 Å². The van der Waals surface area contributed by atoms with Gasteiger partial charge < -0.3 is 5.32 Å². The first kappa shape index (κ1) is 22.9. The zero-order valence-electron chi connectivity index (χ0n) is 17.4. The minimum atomic E-state index is -3.88. The lowest BCUT2D eigenvalue weighted by Gasteiger charge is -2.24. The maximum absolute atomic E-state index is 13.3. The maximum atomic E-state index is 13.3. The van der Waals surface area contributed by atoms with E-state index in [1.54, 1.807) is 42.1 Å². The highest BCUT2D eigenvalue weighted by Gasteiger charge is 2.26. The summed E-state index contributed by atoms with van der Waals surface area (Å²) in [4.78, 5) is 13.9. The molecule has 3 aromatic rings. The van der Waals surface area contributed by atoms with Crippen LogP contribution >= 0.6 is 11.8 Å². The van der Waals surface area contributed by atoms with Crippen molar-refractivity contribution < 1.29 is 13.2 Å². The van der Waals surface area contributed by atoms with E-state index < -0.39 is 10.0 Å². The highest BCUT2D eigenvalue weighted by atomic mass is 32.2. The number of sulfonamides is 1. The second kappa shape index (κ2) is 11.0. The van der Waals surface area contributed by atoms with Gasteiger partial charge in [0.05, 0.1) is 10.6 Å². The van der Waals surface area contributed by atoms with Gasteiger partial charge in [0.25, 0.3) is 10.0 Å². The van der Waals surface area contributed by atoms with Crippen LogP contribution in [0.15, 0.2) is 94.7 Å². The van der Waals surface area contributed by atoms with Crippen LogP contribution in [0.4, 0.5) is 5.69 Å². The molecular weight excluding hydrogens is 428 g/mol. The van der Waals surface area contributed by atoms with E-state index in [0.29, 0.717) is 18.0 Å². The van der Waals surface area contributed by atoms with Crippen molar-refractivity contribution in [3.8, 4) is 0 Å². The van der Waals surface area contributed by atoms with Crippen molar-refractivity contribution in [2.75, 3.05) is 23.1 Å². The van der Waals surface area contributed by atoms with Gasteiger partial charge in [-0.25, -0.2) is 8.42 Å². The molecule has 1 amide bonds. The average Bonchev–Trinajstić information content (AvgIpc) is 2.81. The molecule has 0 aliphatic rings. The van der Waals surface area contributed by atoms with Gasteiger partial charge in [0, 0.05) is 17.2 Å². The first-order valence-electron chi connectivity index (χ1n) is 10.1. The first-order valence-corrected chi connectivity index (χ1v) is 12.5. The molecule has 0 unspecified atom stereocenters. The minimum Gasteiger partial charge on any atom is -0.354 e. The van der Waals surface area contributed by atoms with Gasteiger partial charge in [-0.3, -0.25) is 9.10 Å². The van der Waals surface area contributed by atoms with E-state index in [9.17, 15) is 13.2 Å². The highest BCUT2D eigenvalue weighted by molar-refractivity contribution is 7.99. The summed E-state index contributed by atoms with van der Waals surface area (Å²) in [5, 5.41) is 2.83. The summed E-state index contributed by atoms with van der Waals surface area (Å²) >= 11 is 1.64. The Bertz CT molecular complexity index is 1070. The second-order valence-electron chi connectivity index (χ2n) is 6.86. The lowest BCUT2D eigenvalue weighted by Crippen LogP contribution is -2.41. The molecule has 0 aliphatic carbocycles. The predicted molar refractivity (Wildman–Crippen MR) is 127 cm³/mol. The van der Waals surface area contributed by atoms with E-state index in [-0.39, 0.29) is 17.3 Å². The molecule has 3 rings (SSSR count). The van der Waals surface area contributed by atoms with Crippen molar-refractivity contribution in [1.82, 2.24) is 5.32 Å². The van der Waals surface area contributed by atoms with Crippen LogP contribution in [0.3, 0.4) is 0 Å². The Hall–Kier alpha value is -2.77. The van der Waals surface area contributed by atoms with Gasteiger partial charge in [-0.15, -0.1) is 11.8 Å². The molecule has 0 heterocycles. The van der Waals surface area contributed by atoms with Crippen LogP contribution in [0.2, 0.25) is 0 Å². The summed E-state index contributed by atoms with van der Waals surface area (Å²) in [6.45, 7) is 2.21. The molecule has 0 saturated heterocycles. The first-order chi connectivity index (χ1) is 15.0. The molecule has 0 saturated carbocycles. The Morgan fingerprint density at radius 3 is 2.13 bits per heavy atom. The molecular formula is C24H26N2O3S2. The lowest BCUT2D eigenvalue weighted by atomic mass is 10.1. The Balaban J connectivity index is 1.71.